The fourth-order valence-electron chi connectivity index (χ4n) is 5.66. The molecule has 0 aliphatic carbocycles. The molecule has 1 aliphatic heterocycles. The summed E-state index contributed by atoms with van der Waals surface area (Å²) in [5.41, 5.74) is 11.9. The number of rotatable bonds is 8. The van der Waals surface area contributed by atoms with Gasteiger partial charge in [0.25, 0.3) is 0 Å². The molecular formula is C35H50N4. The molecule has 0 amide bonds. The lowest BCUT2D eigenvalue weighted by Crippen LogP contribution is -2.15. The van der Waals surface area contributed by atoms with Gasteiger partial charge in [-0.25, -0.2) is 0 Å². The number of hydrogen-bond acceptors (Lipinski definition) is 2. The van der Waals surface area contributed by atoms with E-state index in [1.807, 2.05) is 0 Å². The Bertz CT molecular complexity index is 1430. The normalized spacial score (nSPS) is 14.1. The van der Waals surface area contributed by atoms with Crippen molar-refractivity contribution in [3.05, 3.63) is 70.3 Å². The second-order valence-corrected chi connectivity index (χ2v) is 13.5. The fourth-order valence-corrected chi connectivity index (χ4v) is 5.66. The largest absolute Gasteiger partial charge is 0.355 e. The second kappa shape index (κ2) is 12.1. The molecule has 0 unspecified atom stereocenters. The van der Waals surface area contributed by atoms with Gasteiger partial charge in [-0.3, -0.25) is 9.97 Å². The Balaban J connectivity index is 2.03. The number of unbranched alkanes of at least 4 members (excludes halogenated alkanes) is 3. The molecule has 0 radical (unpaired) electrons. The average molecular weight is 527 g/mol. The highest BCUT2D eigenvalue weighted by molar-refractivity contribution is 5.67. The highest BCUT2D eigenvalue weighted by Crippen LogP contribution is 2.32. The third-order valence-electron chi connectivity index (χ3n) is 7.65. The van der Waals surface area contributed by atoms with Gasteiger partial charge >= 0.3 is 0 Å². The van der Waals surface area contributed by atoms with Crippen LogP contribution >= 0.6 is 0 Å². The Morgan fingerprint density at radius 2 is 1.38 bits per heavy atom. The van der Waals surface area contributed by atoms with Crippen molar-refractivity contribution in [1.82, 2.24) is 19.9 Å². The Morgan fingerprint density at radius 1 is 0.769 bits per heavy atom. The molecule has 0 aromatic carbocycles. The summed E-state index contributed by atoms with van der Waals surface area (Å²) in [5, 5.41) is 0. The van der Waals surface area contributed by atoms with Crippen molar-refractivity contribution in [3.63, 3.8) is 0 Å². The first-order valence-corrected chi connectivity index (χ1v) is 15.1. The lowest BCUT2D eigenvalue weighted by atomic mass is 9.87. The molecule has 0 saturated carbocycles. The van der Waals surface area contributed by atoms with E-state index in [4.69, 9.17) is 9.97 Å². The van der Waals surface area contributed by atoms with Gasteiger partial charge in [-0.05, 0) is 92.0 Å². The molecule has 3 aromatic heterocycles. The van der Waals surface area contributed by atoms with Crippen molar-refractivity contribution in [2.24, 2.45) is 5.41 Å². The van der Waals surface area contributed by atoms with Gasteiger partial charge in [0.15, 0.2) is 0 Å². The quantitative estimate of drug-likeness (QED) is 0.287. The first kappa shape index (κ1) is 29.1. The minimum absolute atomic E-state index is 0.00841. The number of aromatic amines is 2. The van der Waals surface area contributed by atoms with Crippen LogP contribution in [0, 0.1) is 12.3 Å². The summed E-state index contributed by atoms with van der Waals surface area (Å²) in [6.07, 6.45) is 10.0. The Morgan fingerprint density at radius 3 is 2.03 bits per heavy atom. The summed E-state index contributed by atoms with van der Waals surface area (Å²) in [5.74, 6) is 0. The number of nitrogens with one attached hydrogen (secondary N) is 2. The predicted molar refractivity (Wildman–Crippen MR) is 167 cm³/mol. The van der Waals surface area contributed by atoms with Crippen molar-refractivity contribution in [3.8, 4) is 0 Å². The number of nitrogens with zero attached hydrogens (tertiary/aromatic N) is 2. The van der Waals surface area contributed by atoms with Crippen molar-refractivity contribution in [1.29, 1.82) is 0 Å². The molecule has 3 aromatic rings. The first-order valence-electron chi connectivity index (χ1n) is 15.1. The van der Waals surface area contributed by atoms with Crippen LogP contribution in [0.2, 0.25) is 0 Å². The minimum atomic E-state index is -0.00841. The number of aromatic nitrogens is 4. The van der Waals surface area contributed by atoms with E-state index >= 15 is 0 Å². The number of hydrogen-bond donors (Lipinski definition) is 2. The van der Waals surface area contributed by atoms with Gasteiger partial charge in [-0.15, -0.1) is 0 Å². The van der Waals surface area contributed by atoms with Gasteiger partial charge in [0, 0.05) is 56.7 Å². The summed E-state index contributed by atoms with van der Waals surface area (Å²) in [6.45, 7) is 18.1. The lowest BCUT2D eigenvalue weighted by molar-refractivity contribution is 0.406. The Hall–Kier alpha value is -2.88. The molecule has 210 valence electrons. The molecule has 0 saturated heterocycles. The third kappa shape index (κ3) is 7.84. The van der Waals surface area contributed by atoms with E-state index in [2.05, 4.69) is 102 Å². The van der Waals surface area contributed by atoms with Crippen LogP contribution in [0.5, 0.6) is 0 Å². The molecule has 4 rings (SSSR count). The standard InChI is InChI=1S/C35H50N4/c1-9-11-13-15-26-18-28-20-30-23-35(7,8)33(39-30)21-32-25(14-12-10-2)17-27(38-32)19-29(22-34(4,5)6)36-24(3)16-31(26)37-28/h16-21,37-38H,9-15,22-23H2,1-8H3. The number of aryl methyl sites for hydroxylation is 3. The zero-order valence-electron chi connectivity index (χ0n) is 25.7. The predicted octanol–water partition coefficient (Wildman–Crippen LogP) is 9.49. The van der Waals surface area contributed by atoms with Crippen LogP contribution in [0.25, 0.3) is 22.1 Å². The van der Waals surface area contributed by atoms with Crippen LogP contribution in [0.3, 0.4) is 0 Å². The molecule has 39 heavy (non-hydrogen) atoms. The van der Waals surface area contributed by atoms with E-state index in [1.54, 1.807) is 0 Å². The average Bonchev–Trinajstić information content (AvgIpc) is 3.46. The molecule has 4 heteroatoms. The van der Waals surface area contributed by atoms with E-state index < -0.39 is 0 Å². The summed E-state index contributed by atoms with van der Waals surface area (Å²) >= 11 is 0. The summed E-state index contributed by atoms with van der Waals surface area (Å²) in [4.78, 5) is 17.8. The van der Waals surface area contributed by atoms with E-state index in [-0.39, 0.29) is 10.8 Å². The van der Waals surface area contributed by atoms with Gasteiger partial charge in [0.1, 0.15) is 0 Å². The molecule has 4 heterocycles. The summed E-state index contributed by atoms with van der Waals surface area (Å²) in [7, 11) is 0. The maximum Gasteiger partial charge on any atom is 0.0487 e. The molecule has 0 atom stereocenters. The number of H-pyrrole nitrogens is 2. The van der Waals surface area contributed by atoms with E-state index in [0.29, 0.717) is 0 Å². The van der Waals surface area contributed by atoms with E-state index in [0.717, 1.165) is 59.5 Å². The van der Waals surface area contributed by atoms with Crippen molar-refractivity contribution in [2.45, 2.75) is 119 Å². The van der Waals surface area contributed by atoms with Crippen LogP contribution in [0.4, 0.5) is 0 Å². The zero-order chi connectivity index (χ0) is 28.2. The van der Waals surface area contributed by atoms with Crippen molar-refractivity contribution >= 4 is 22.1 Å². The third-order valence-corrected chi connectivity index (χ3v) is 7.65. The molecule has 4 nitrogen and oxygen atoms in total. The van der Waals surface area contributed by atoms with Gasteiger partial charge in [-0.2, -0.15) is 0 Å². The highest BCUT2D eigenvalue weighted by Gasteiger charge is 2.28. The van der Waals surface area contributed by atoms with Crippen LogP contribution < -0.4 is 0 Å². The van der Waals surface area contributed by atoms with Crippen LogP contribution in [-0.4, -0.2) is 19.9 Å². The lowest BCUT2D eigenvalue weighted by Gasteiger charge is -2.16. The van der Waals surface area contributed by atoms with Gasteiger partial charge in [-0.1, -0.05) is 67.7 Å². The maximum atomic E-state index is 5.18. The Labute approximate surface area is 236 Å². The van der Waals surface area contributed by atoms with Gasteiger partial charge in [0.2, 0.25) is 0 Å². The van der Waals surface area contributed by atoms with Gasteiger partial charge in [0.05, 0.1) is 0 Å². The first-order chi connectivity index (χ1) is 18.5. The monoisotopic (exact) mass is 526 g/mol. The number of fused-ring (bicyclic) bond motifs is 6. The second-order valence-electron chi connectivity index (χ2n) is 13.5. The smallest absolute Gasteiger partial charge is 0.0487 e. The molecular weight excluding hydrogens is 476 g/mol. The maximum absolute atomic E-state index is 5.18. The Kier molecular flexibility index (Phi) is 9.03. The van der Waals surface area contributed by atoms with Crippen LogP contribution in [0.1, 0.15) is 114 Å². The topological polar surface area (TPSA) is 57.4 Å². The summed E-state index contributed by atoms with van der Waals surface area (Å²) in [6, 6.07) is 13.7. The van der Waals surface area contributed by atoms with Crippen LogP contribution in [-0.2, 0) is 31.1 Å². The molecule has 6 bridgehead atoms. The minimum Gasteiger partial charge on any atom is -0.355 e. The van der Waals surface area contributed by atoms with Crippen molar-refractivity contribution < 1.29 is 0 Å². The van der Waals surface area contributed by atoms with E-state index in [9.17, 15) is 0 Å². The molecule has 2 N–H and O–H groups in total. The highest BCUT2D eigenvalue weighted by atomic mass is 14.8. The zero-order valence-corrected chi connectivity index (χ0v) is 25.7. The van der Waals surface area contributed by atoms with E-state index in [1.165, 1.54) is 54.3 Å². The van der Waals surface area contributed by atoms with Gasteiger partial charge < -0.3 is 9.97 Å². The fraction of sp³-hybridized carbons (Fsp3) is 0.543. The van der Waals surface area contributed by atoms with Crippen molar-refractivity contribution in [2.75, 3.05) is 0 Å². The molecule has 0 fully saturated rings. The van der Waals surface area contributed by atoms with Crippen LogP contribution in [0.15, 0.2) is 36.4 Å². The SMILES string of the molecule is CCCCCc1cc2cc3nc(cc4[nH]c(cc(CC(C)(C)C)nc(C)cc1[nH]2)cc4CCCC)C(C)(C)C3. The molecule has 0 spiro atoms. The molecule has 1 aliphatic rings. The summed E-state index contributed by atoms with van der Waals surface area (Å²) < 4.78 is 0.